The first-order chi connectivity index (χ1) is 9.11. The summed E-state index contributed by atoms with van der Waals surface area (Å²) in [6, 6.07) is 9.08. The number of aryl methyl sites for hydroxylation is 1. The van der Waals surface area contributed by atoms with Crippen LogP contribution in [0.3, 0.4) is 0 Å². The van der Waals surface area contributed by atoms with Gasteiger partial charge in [-0.25, -0.2) is 4.98 Å². The van der Waals surface area contributed by atoms with E-state index in [1.165, 1.54) is 0 Å². The monoisotopic (exact) mass is 257 g/mol. The Balaban J connectivity index is 2.31. The van der Waals surface area contributed by atoms with Gasteiger partial charge in [0, 0.05) is 17.8 Å². The van der Waals surface area contributed by atoms with Gasteiger partial charge in [0.15, 0.2) is 5.84 Å². The molecule has 0 fully saturated rings. The van der Waals surface area contributed by atoms with Crippen LogP contribution >= 0.6 is 0 Å². The molecule has 0 amide bonds. The van der Waals surface area contributed by atoms with Gasteiger partial charge < -0.3 is 15.7 Å². The summed E-state index contributed by atoms with van der Waals surface area (Å²) in [6.45, 7) is 4.00. The molecule has 0 atom stereocenters. The standard InChI is InChI=1S/C14H15N3O2/c1-9-4-3-5-12(10(9)2)19-13-8-11(6-7-16-13)14(15)17-18/h3-8,18H,1-2H3,(H2,15,17). The molecule has 0 radical (unpaired) electrons. The summed E-state index contributed by atoms with van der Waals surface area (Å²) >= 11 is 0. The summed E-state index contributed by atoms with van der Waals surface area (Å²) in [5, 5.41) is 11.6. The molecular formula is C14H15N3O2. The summed E-state index contributed by atoms with van der Waals surface area (Å²) in [7, 11) is 0. The predicted molar refractivity (Wildman–Crippen MR) is 72.7 cm³/mol. The zero-order valence-electron chi connectivity index (χ0n) is 10.8. The minimum absolute atomic E-state index is 0.0215. The molecule has 0 aliphatic carbocycles. The smallest absolute Gasteiger partial charge is 0.219 e. The molecule has 0 unspecified atom stereocenters. The molecular weight excluding hydrogens is 242 g/mol. The highest BCUT2D eigenvalue weighted by atomic mass is 16.5. The van der Waals surface area contributed by atoms with E-state index in [-0.39, 0.29) is 5.84 Å². The topological polar surface area (TPSA) is 80.7 Å². The fourth-order valence-electron chi connectivity index (χ4n) is 1.63. The van der Waals surface area contributed by atoms with Crippen LogP contribution in [-0.4, -0.2) is 16.0 Å². The summed E-state index contributed by atoms with van der Waals surface area (Å²) in [5.41, 5.74) is 8.28. The van der Waals surface area contributed by atoms with Crippen molar-refractivity contribution < 1.29 is 9.94 Å². The molecule has 19 heavy (non-hydrogen) atoms. The van der Waals surface area contributed by atoms with Gasteiger partial charge in [0.1, 0.15) is 5.75 Å². The van der Waals surface area contributed by atoms with Crippen molar-refractivity contribution in [2.45, 2.75) is 13.8 Å². The zero-order chi connectivity index (χ0) is 13.8. The molecule has 0 bridgehead atoms. The largest absolute Gasteiger partial charge is 0.439 e. The summed E-state index contributed by atoms with van der Waals surface area (Å²) in [6.07, 6.45) is 1.55. The summed E-state index contributed by atoms with van der Waals surface area (Å²) in [5.74, 6) is 1.16. The first-order valence-corrected chi connectivity index (χ1v) is 5.80. The van der Waals surface area contributed by atoms with Gasteiger partial charge in [-0.2, -0.15) is 0 Å². The van der Waals surface area contributed by atoms with E-state index in [4.69, 9.17) is 15.7 Å². The Hall–Kier alpha value is -2.56. The number of hydrogen-bond donors (Lipinski definition) is 2. The number of benzene rings is 1. The lowest BCUT2D eigenvalue weighted by Crippen LogP contribution is -2.13. The molecule has 1 aromatic heterocycles. The number of nitrogens with two attached hydrogens (primary N) is 1. The van der Waals surface area contributed by atoms with E-state index in [0.29, 0.717) is 11.4 Å². The average molecular weight is 257 g/mol. The number of rotatable bonds is 3. The van der Waals surface area contributed by atoms with Gasteiger partial charge in [0.2, 0.25) is 5.88 Å². The fourth-order valence-corrected chi connectivity index (χ4v) is 1.63. The van der Waals surface area contributed by atoms with E-state index in [1.807, 2.05) is 32.0 Å². The molecule has 5 heteroatoms. The molecule has 5 nitrogen and oxygen atoms in total. The zero-order valence-corrected chi connectivity index (χ0v) is 10.8. The second kappa shape index (κ2) is 5.39. The molecule has 2 rings (SSSR count). The lowest BCUT2D eigenvalue weighted by atomic mass is 10.1. The van der Waals surface area contributed by atoms with Crippen LogP contribution in [0.1, 0.15) is 16.7 Å². The third kappa shape index (κ3) is 2.82. The number of nitrogens with zero attached hydrogens (tertiary/aromatic N) is 2. The highest BCUT2D eigenvalue weighted by Gasteiger charge is 2.06. The SMILES string of the molecule is Cc1cccc(Oc2cc(/C(N)=N/O)ccn2)c1C. The number of amidine groups is 1. The lowest BCUT2D eigenvalue weighted by molar-refractivity contribution is 0.318. The molecule has 3 N–H and O–H groups in total. The van der Waals surface area contributed by atoms with Crippen LogP contribution in [-0.2, 0) is 0 Å². The Morgan fingerprint density at radius 1 is 1.32 bits per heavy atom. The van der Waals surface area contributed by atoms with Crippen molar-refractivity contribution in [3.05, 3.63) is 53.2 Å². The highest BCUT2D eigenvalue weighted by Crippen LogP contribution is 2.25. The Bertz CT molecular complexity index is 624. The van der Waals surface area contributed by atoms with E-state index < -0.39 is 0 Å². The van der Waals surface area contributed by atoms with Gasteiger partial charge >= 0.3 is 0 Å². The third-order valence-corrected chi connectivity index (χ3v) is 2.91. The molecule has 0 aliphatic heterocycles. The van der Waals surface area contributed by atoms with E-state index in [1.54, 1.807) is 18.3 Å². The Labute approximate surface area is 111 Å². The van der Waals surface area contributed by atoms with Gasteiger partial charge in [0.05, 0.1) is 0 Å². The van der Waals surface area contributed by atoms with Crippen LogP contribution in [0.2, 0.25) is 0 Å². The molecule has 0 spiro atoms. The minimum Gasteiger partial charge on any atom is -0.439 e. The molecule has 2 aromatic rings. The van der Waals surface area contributed by atoms with Crippen LogP contribution in [0.25, 0.3) is 0 Å². The van der Waals surface area contributed by atoms with Crippen molar-refractivity contribution in [2.75, 3.05) is 0 Å². The van der Waals surface area contributed by atoms with Gasteiger partial charge in [0.25, 0.3) is 0 Å². The van der Waals surface area contributed by atoms with Gasteiger partial charge in [-0.15, -0.1) is 0 Å². The van der Waals surface area contributed by atoms with Crippen molar-refractivity contribution in [1.29, 1.82) is 0 Å². The average Bonchev–Trinajstić information content (AvgIpc) is 2.43. The van der Waals surface area contributed by atoms with Crippen molar-refractivity contribution in [3.63, 3.8) is 0 Å². The number of oxime groups is 1. The van der Waals surface area contributed by atoms with Crippen LogP contribution in [0, 0.1) is 13.8 Å². The van der Waals surface area contributed by atoms with Gasteiger partial charge in [-0.1, -0.05) is 17.3 Å². The second-order valence-corrected chi connectivity index (χ2v) is 4.17. The maximum Gasteiger partial charge on any atom is 0.219 e. The van der Waals surface area contributed by atoms with Gasteiger partial charge in [-0.3, -0.25) is 0 Å². The van der Waals surface area contributed by atoms with Crippen LogP contribution < -0.4 is 10.5 Å². The van der Waals surface area contributed by atoms with Crippen molar-refractivity contribution in [2.24, 2.45) is 10.9 Å². The van der Waals surface area contributed by atoms with Crippen LogP contribution in [0.4, 0.5) is 0 Å². The van der Waals surface area contributed by atoms with Gasteiger partial charge in [-0.05, 0) is 37.1 Å². The molecule has 1 aromatic carbocycles. The second-order valence-electron chi connectivity index (χ2n) is 4.17. The normalized spacial score (nSPS) is 11.4. The molecule has 1 heterocycles. The minimum atomic E-state index is 0.0215. The van der Waals surface area contributed by atoms with Crippen molar-refractivity contribution >= 4 is 5.84 Å². The number of ether oxygens (including phenoxy) is 1. The quantitative estimate of drug-likeness (QED) is 0.383. The van der Waals surface area contributed by atoms with E-state index in [0.717, 1.165) is 16.9 Å². The molecule has 0 saturated carbocycles. The number of aromatic nitrogens is 1. The number of pyridine rings is 1. The maximum atomic E-state index is 8.65. The number of hydrogen-bond acceptors (Lipinski definition) is 4. The summed E-state index contributed by atoms with van der Waals surface area (Å²) in [4.78, 5) is 4.11. The highest BCUT2D eigenvalue weighted by molar-refractivity contribution is 5.97. The Morgan fingerprint density at radius 3 is 2.84 bits per heavy atom. The predicted octanol–water partition coefficient (Wildman–Crippen LogP) is 2.59. The Morgan fingerprint density at radius 2 is 2.11 bits per heavy atom. The summed E-state index contributed by atoms with van der Waals surface area (Å²) < 4.78 is 5.72. The lowest BCUT2D eigenvalue weighted by Gasteiger charge is -2.10. The molecule has 0 aliphatic rings. The van der Waals surface area contributed by atoms with E-state index in [9.17, 15) is 0 Å². The Kier molecular flexibility index (Phi) is 3.66. The van der Waals surface area contributed by atoms with E-state index in [2.05, 4.69) is 10.1 Å². The van der Waals surface area contributed by atoms with Crippen molar-refractivity contribution in [1.82, 2.24) is 4.98 Å². The maximum absolute atomic E-state index is 8.65. The first-order valence-electron chi connectivity index (χ1n) is 5.80. The van der Waals surface area contributed by atoms with Crippen LogP contribution in [0.5, 0.6) is 11.6 Å². The molecule has 98 valence electrons. The fraction of sp³-hybridized carbons (Fsp3) is 0.143. The molecule has 0 saturated heterocycles. The first kappa shape index (κ1) is 12.9. The van der Waals surface area contributed by atoms with E-state index >= 15 is 0 Å². The third-order valence-electron chi connectivity index (χ3n) is 2.91. The van der Waals surface area contributed by atoms with Crippen LogP contribution in [0.15, 0.2) is 41.7 Å². The van der Waals surface area contributed by atoms with Crippen molar-refractivity contribution in [3.8, 4) is 11.6 Å².